The topological polar surface area (TPSA) is 102 Å². The molecular formula is C11H18N4O4S. The van der Waals surface area contributed by atoms with Crippen LogP contribution in [0.15, 0.2) is 20.7 Å². The van der Waals surface area contributed by atoms with Gasteiger partial charge in [-0.2, -0.15) is 0 Å². The van der Waals surface area contributed by atoms with Crippen LogP contribution in [0.2, 0.25) is 0 Å². The van der Waals surface area contributed by atoms with Gasteiger partial charge in [0.2, 0.25) is 10.0 Å². The number of aromatic nitrogens is 2. The second kappa shape index (κ2) is 4.83. The molecule has 1 fully saturated rings. The molecule has 1 aliphatic rings. The highest BCUT2D eigenvalue weighted by Crippen LogP contribution is 2.16. The lowest BCUT2D eigenvalue weighted by Crippen LogP contribution is -2.50. The van der Waals surface area contributed by atoms with Crippen molar-refractivity contribution in [1.29, 1.82) is 0 Å². The molecule has 0 aromatic carbocycles. The summed E-state index contributed by atoms with van der Waals surface area (Å²) in [6.07, 6.45) is 1.69. The van der Waals surface area contributed by atoms with Gasteiger partial charge in [0.1, 0.15) is 0 Å². The van der Waals surface area contributed by atoms with Gasteiger partial charge in [0.15, 0.2) is 4.90 Å². The Hall–Kier alpha value is -1.45. The van der Waals surface area contributed by atoms with Crippen molar-refractivity contribution >= 4 is 10.0 Å². The average molecular weight is 302 g/mol. The third-order valence-electron chi connectivity index (χ3n) is 3.45. The van der Waals surface area contributed by atoms with Gasteiger partial charge in [0.25, 0.3) is 5.56 Å². The molecule has 112 valence electrons. The van der Waals surface area contributed by atoms with Gasteiger partial charge in [-0.25, -0.2) is 17.9 Å². The smallest absolute Gasteiger partial charge is 0.315 e. The molecule has 1 atom stereocenters. The Morgan fingerprint density at radius 1 is 1.35 bits per heavy atom. The van der Waals surface area contributed by atoms with Crippen molar-refractivity contribution in [3.63, 3.8) is 0 Å². The van der Waals surface area contributed by atoms with Crippen LogP contribution in [0.25, 0.3) is 0 Å². The second-order valence-corrected chi connectivity index (χ2v) is 6.99. The minimum Gasteiger partial charge on any atom is -0.315 e. The minimum atomic E-state index is -3.98. The van der Waals surface area contributed by atoms with E-state index in [1.807, 2.05) is 0 Å². The predicted molar refractivity (Wildman–Crippen MR) is 73.1 cm³/mol. The van der Waals surface area contributed by atoms with Gasteiger partial charge < -0.3 is 9.88 Å². The summed E-state index contributed by atoms with van der Waals surface area (Å²) in [5, 5.41) is 3.07. The molecule has 0 radical (unpaired) electrons. The molecule has 2 heterocycles. The molecule has 1 aromatic rings. The molecule has 2 N–H and O–H groups in total. The fraction of sp³-hybridized carbons (Fsp3) is 0.636. The van der Waals surface area contributed by atoms with Crippen LogP contribution in [0.4, 0.5) is 0 Å². The lowest BCUT2D eigenvalue weighted by molar-refractivity contribution is 0.450. The highest BCUT2D eigenvalue weighted by atomic mass is 32.2. The SMILES string of the molecule is Cn1cc(S(=O)(=O)NC2(C)CCNC2)c(=O)n(C)c1=O. The first-order valence-electron chi connectivity index (χ1n) is 6.18. The van der Waals surface area contributed by atoms with Gasteiger partial charge in [-0.15, -0.1) is 0 Å². The maximum absolute atomic E-state index is 12.4. The lowest BCUT2D eigenvalue weighted by atomic mass is 10.0. The Labute approximate surface area is 116 Å². The highest BCUT2D eigenvalue weighted by molar-refractivity contribution is 7.89. The van der Waals surface area contributed by atoms with Crippen molar-refractivity contribution in [2.24, 2.45) is 14.1 Å². The van der Waals surface area contributed by atoms with E-state index >= 15 is 0 Å². The van der Waals surface area contributed by atoms with Gasteiger partial charge in [0, 0.05) is 32.4 Å². The van der Waals surface area contributed by atoms with E-state index in [1.165, 1.54) is 14.1 Å². The van der Waals surface area contributed by atoms with Crippen molar-refractivity contribution in [3.8, 4) is 0 Å². The summed E-state index contributed by atoms with van der Waals surface area (Å²) >= 11 is 0. The zero-order chi connectivity index (χ0) is 15.1. The molecule has 0 aliphatic carbocycles. The van der Waals surface area contributed by atoms with E-state index in [0.29, 0.717) is 19.5 Å². The first kappa shape index (κ1) is 14.9. The predicted octanol–water partition coefficient (Wildman–Crippen LogP) is -1.89. The number of aryl methyl sites for hydroxylation is 1. The molecule has 1 unspecified atom stereocenters. The zero-order valence-electron chi connectivity index (χ0n) is 11.6. The molecule has 1 aliphatic heterocycles. The van der Waals surface area contributed by atoms with Gasteiger partial charge in [-0.05, 0) is 19.9 Å². The van der Waals surface area contributed by atoms with Crippen molar-refractivity contribution in [2.75, 3.05) is 13.1 Å². The standard InChI is InChI=1S/C11H18N4O4S/c1-11(4-5-12-7-11)13-20(18,19)8-6-14(2)10(17)15(3)9(8)16/h6,12-13H,4-5,7H2,1-3H3. The van der Waals surface area contributed by atoms with Crippen molar-refractivity contribution in [1.82, 2.24) is 19.2 Å². The fourth-order valence-electron chi connectivity index (χ4n) is 2.24. The Kier molecular flexibility index (Phi) is 3.61. The highest BCUT2D eigenvalue weighted by Gasteiger charge is 2.35. The van der Waals surface area contributed by atoms with Crippen LogP contribution in [0.5, 0.6) is 0 Å². The van der Waals surface area contributed by atoms with E-state index in [1.54, 1.807) is 6.92 Å². The third-order valence-corrected chi connectivity index (χ3v) is 5.07. The molecule has 0 amide bonds. The molecule has 0 bridgehead atoms. The monoisotopic (exact) mass is 302 g/mol. The number of nitrogens with one attached hydrogen (secondary N) is 2. The summed E-state index contributed by atoms with van der Waals surface area (Å²) < 4.78 is 29.1. The summed E-state index contributed by atoms with van der Waals surface area (Å²) in [4.78, 5) is 23.1. The summed E-state index contributed by atoms with van der Waals surface area (Å²) in [7, 11) is -1.32. The van der Waals surface area contributed by atoms with Gasteiger partial charge in [-0.1, -0.05) is 0 Å². The second-order valence-electron chi connectivity index (χ2n) is 5.34. The van der Waals surface area contributed by atoms with Crippen LogP contribution in [0, 0.1) is 0 Å². The van der Waals surface area contributed by atoms with Crippen molar-refractivity contribution < 1.29 is 8.42 Å². The molecular weight excluding hydrogens is 284 g/mol. The molecule has 8 nitrogen and oxygen atoms in total. The van der Waals surface area contributed by atoms with Crippen LogP contribution in [-0.4, -0.2) is 36.2 Å². The molecule has 9 heteroatoms. The fourth-order valence-corrected chi connectivity index (χ4v) is 3.84. The largest absolute Gasteiger partial charge is 0.330 e. The van der Waals surface area contributed by atoms with E-state index in [9.17, 15) is 18.0 Å². The molecule has 1 saturated heterocycles. The Morgan fingerprint density at radius 2 is 2.00 bits per heavy atom. The van der Waals surface area contributed by atoms with E-state index in [2.05, 4.69) is 10.0 Å². The summed E-state index contributed by atoms with van der Waals surface area (Å²) in [6.45, 7) is 2.99. The normalized spacial score (nSPS) is 23.1. The number of hydrogen-bond acceptors (Lipinski definition) is 5. The van der Waals surface area contributed by atoms with Crippen LogP contribution < -0.4 is 21.3 Å². The van der Waals surface area contributed by atoms with Crippen molar-refractivity contribution in [2.45, 2.75) is 23.8 Å². The Balaban J connectivity index is 2.50. The molecule has 1 aromatic heterocycles. The first-order valence-corrected chi connectivity index (χ1v) is 7.66. The van der Waals surface area contributed by atoms with Gasteiger partial charge >= 0.3 is 5.69 Å². The van der Waals surface area contributed by atoms with E-state index in [0.717, 1.165) is 15.3 Å². The zero-order valence-corrected chi connectivity index (χ0v) is 12.5. The third kappa shape index (κ3) is 2.56. The van der Waals surface area contributed by atoms with Crippen LogP contribution in [-0.2, 0) is 24.1 Å². The molecule has 20 heavy (non-hydrogen) atoms. The summed E-state index contributed by atoms with van der Waals surface area (Å²) in [6, 6.07) is 0. The Morgan fingerprint density at radius 3 is 2.55 bits per heavy atom. The number of hydrogen-bond donors (Lipinski definition) is 2. The van der Waals surface area contributed by atoms with E-state index in [-0.39, 0.29) is 0 Å². The minimum absolute atomic E-state index is 0.421. The first-order chi connectivity index (χ1) is 9.16. The Bertz CT molecular complexity index is 741. The maximum Gasteiger partial charge on any atom is 0.330 e. The molecule has 2 rings (SSSR count). The number of rotatable bonds is 3. The summed E-state index contributed by atoms with van der Waals surface area (Å²) in [5.41, 5.74) is -2.02. The molecule has 0 spiro atoms. The van der Waals surface area contributed by atoms with E-state index in [4.69, 9.17) is 0 Å². The quantitative estimate of drug-likeness (QED) is 0.680. The van der Waals surface area contributed by atoms with E-state index < -0.39 is 31.7 Å². The maximum atomic E-state index is 12.4. The lowest BCUT2D eigenvalue weighted by Gasteiger charge is -2.24. The van der Waals surface area contributed by atoms with Gasteiger partial charge in [0.05, 0.1) is 0 Å². The number of nitrogens with zero attached hydrogens (tertiary/aromatic N) is 2. The van der Waals surface area contributed by atoms with Crippen molar-refractivity contribution in [3.05, 3.63) is 27.0 Å². The van der Waals surface area contributed by atoms with Crippen LogP contribution in [0.1, 0.15) is 13.3 Å². The van der Waals surface area contributed by atoms with Gasteiger partial charge in [-0.3, -0.25) is 9.36 Å². The number of sulfonamides is 1. The van der Waals surface area contributed by atoms with Crippen LogP contribution in [0.3, 0.4) is 0 Å². The summed E-state index contributed by atoms with van der Waals surface area (Å²) in [5.74, 6) is 0. The average Bonchev–Trinajstić information content (AvgIpc) is 2.76. The van der Waals surface area contributed by atoms with Crippen LogP contribution >= 0.6 is 0 Å². The molecule has 0 saturated carbocycles.